The normalized spacial score (nSPS) is 12.6. The average molecular weight is 282 g/mol. The maximum atomic E-state index is 11.8. The van der Waals surface area contributed by atoms with E-state index in [0.29, 0.717) is 11.1 Å². The van der Waals surface area contributed by atoms with Crippen molar-refractivity contribution in [3.8, 4) is 6.07 Å². The number of carbonyl (C=O) groups is 1. The highest BCUT2D eigenvalue weighted by molar-refractivity contribution is 7.88. The molecule has 1 atom stereocenters. The Labute approximate surface area is 111 Å². The molecule has 19 heavy (non-hydrogen) atoms. The quantitative estimate of drug-likeness (QED) is 0.804. The van der Waals surface area contributed by atoms with Gasteiger partial charge in [-0.05, 0) is 24.1 Å². The molecule has 0 aliphatic carbocycles. The van der Waals surface area contributed by atoms with Crippen molar-refractivity contribution >= 4 is 16.0 Å². The predicted molar refractivity (Wildman–Crippen MR) is 68.6 cm³/mol. The Morgan fingerprint density at radius 3 is 2.74 bits per heavy atom. The Bertz CT molecular complexity index is 604. The summed E-state index contributed by atoms with van der Waals surface area (Å²) in [6.07, 6.45) is 0.160. The molecular formula is C12H14N2O4S. The van der Waals surface area contributed by atoms with Crippen LogP contribution in [0.5, 0.6) is 0 Å². The molecule has 2 N–H and O–H groups in total. The van der Waals surface area contributed by atoms with Gasteiger partial charge in [-0.2, -0.15) is 5.26 Å². The monoisotopic (exact) mass is 282 g/mol. The van der Waals surface area contributed by atoms with Gasteiger partial charge < -0.3 is 5.11 Å². The first-order chi connectivity index (χ1) is 8.88. The summed E-state index contributed by atoms with van der Waals surface area (Å²) in [5.74, 6) is -1.57. The number of carboxylic acid groups (broad SMARTS) is 1. The average Bonchev–Trinajstić information content (AvgIpc) is 2.35. The van der Waals surface area contributed by atoms with Crippen LogP contribution in [0.2, 0.25) is 0 Å². The molecule has 1 aromatic rings. The highest BCUT2D eigenvalue weighted by atomic mass is 32.2. The van der Waals surface area contributed by atoms with Crippen LogP contribution in [-0.2, 0) is 20.6 Å². The summed E-state index contributed by atoms with van der Waals surface area (Å²) in [6, 6.07) is 6.96. The van der Waals surface area contributed by atoms with Crippen LogP contribution in [-0.4, -0.2) is 25.5 Å². The third kappa shape index (κ3) is 4.69. The van der Waals surface area contributed by atoms with E-state index in [2.05, 4.69) is 4.72 Å². The van der Waals surface area contributed by atoms with Gasteiger partial charge in [0.2, 0.25) is 10.0 Å². The number of hydrogen-bond donors (Lipinski definition) is 2. The van der Waals surface area contributed by atoms with Crippen molar-refractivity contribution in [3.05, 3.63) is 35.4 Å². The zero-order chi connectivity index (χ0) is 14.5. The van der Waals surface area contributed by atoms with Gasteiger partial charge in [0.1, 0.15) is 6.04 Å². The molecule has 0 bridgehead atoms. The molecule has 0 saturated carbocycles. The molecule has 1 aromatic carbocycles. The summed E-state index contributed by atoms with van der Waals surface area (Å²) in [7, 11) is -3.76. The third-order valence-electron chi connectivity index (χ3n) is 2.44. The van der Waals surface area contributed by atoms with Gasteiger partial charge in [0.25, 0.3) is 0 Å². The van der Waals surface area contributed by atoms with Crippen molar-refractivity contribution in [1.82, 2.24) is 4.72 Å². The molecule has 0 radical (unpaired) electrons. The van der Waals surface area contributed by atoms with Crippen LogP contribution in [0.15, 0.2) is 24.3 Å². The van der Waals surface area contributed by atoms with Crippen LogP contribution in [0.4, 0.5) is 0 Å². The number of benzene rings is 1. The largest absolute Gasteiger partial charge is 0.480 e. The molecule has 0 heterocycles. The first-order valence-electron chi connectivity index (χ1n) is 5.60. The van der Waals surface area contributed by atoms with Crippen LogP contribution in [0.25, 0.3) is 0 Å². The minimum Gasteiger partial charge on any atom is -0.480 e. The summed E-state index contributed by atoms with van der Waals surface area (Å²) < 4.78 is 25.8. The van der Waals surface area contributed by atoms with E-state index in [1.54, 1.807) is 25.1 Å². The van der Waals surface area contributed by atoms with Crippen molar-refractivity contribution in [2.45, 2.75) is 25.1 Å². The third-order valence-corrected chi connectivity index (χ3v) is 3.80. The SMILES string of the molecule is CC[C@H](NS(=O)(=O)Cc1cccc(C#N)c1)C(=O)O. The molecule has 0 spiro atoms. The second-order valence-electron chi connectivity index (χ2n) is 3.99. The predicted octanol–water partition coefficient (Wildman–Crippen LogP) is 0.841. The van der Waals surface area contributed by atoms with Gasteiger partial charge in [0, 0.05) is 0 Å². The fourth-order valence-electron chi connectivity index (χ4n) is 1.52. The van der Waals surface area contributed by atoms with E-state index in [0.717, 1.165) is 0 Å². The summed E-state index contributed by atoms with van der Waals surface area (Å²) in [6.45, 7) is 1.58. The number of nitrogens with one attached hydrogen (secondary N) is 1. The van der Waals surface area contributed by atoms with Crippen LogP contribution in [0.1, 0.15) is 24.5 Å². The van der Waals surface area contributed by atoms with Crippen molar-refractivity contribution < 1.29 is 18.3 Å². The van der Waals surface area contributed by atoms with Crippen LogP contribution < -0.4 is 4.72 Å². The van der Waals surface area contributed by atoms with E-state index in [4.69, 9.17) is 10.4 Å². The molecule has 0 aliphatic heterocycles. The lowest BCUT2D eigenvalue weighted by Gasteiger charge is -2.12. The summed E-state index contributed by atoms with van der Waals surface area (Å²) >= 11 is 0. The Hall–Kier alpha value is -1.91. The van der Waals surface area contributed by atoms with Crippen molar-refractivity contribution in [3.63, 3.8) is 0 Å². The van der Waals surface area contributed by atoms with Gasteiger partial charge in [-0.1, -0.05) is 19.1 Å². The van der Waals surface area contributed by atoms with Gasteiger partial charge in [0.05, 0.1) is 17.4 Å². The van der Waals surface area contributed by atoms with E-state index >= 15 is 0 Å². The van der Waals surface area contributed by atoms with Gasteiger partial charge in [0.15, 0.2) is 0 Å². The number of sulfonamides is 1. The van der Waals surface area contributed by atoms with E-state index in [1.165, 1.54) is 6.07 Å². The summed E-state index contributed by atoms with van der Waals surface area (Å²) in [5.41, 5.74) is 0.796. The molecule has 1 rings (SSSR count). The standard InChI is InChI=1S/C12H14N2O4S/c1-2-11(12(15)16)14-19(17,18)8-10-5-3-4-9(6-10)7-13/h3-6,11,14H,2,8H2,1H3,(H,15,16)/t11-/m0/s1. The maximum absolute atomic E-state index is 11.8. The first kappa shape index (κ1) is 15.1. The van der Waals surface area contributed by atoms with E-state index in [1.807, 2.05) is 6.07 Å². The highest BCUT2D eigenvalue weighted by Gasteiger charge is 2.22. The van der Waals surface area contributed by atoms with Gasteiger partial charge in [-0.25, -0.2) is 13.1 Å². The summed E-state index contributed by atoms with van der Waals surface area (Å²) in [5, 5.41) is 17.5. The lowest BCUT2D eigenvalue weighted by Crippen LogP contribution is -2.40. The summed E-state index contributed by atoms with van der Waals surface area (Å²) in [4.78, 5) is 10.8. The van der Waals surface area contributed by atoms with E-state index in [9.17, 15) is 13.2 Å². The Kier molecular flexibility index (Phi) is 5.03. The molecule has 0 fully saturated rings. The number of hydrogen-bond acceptors (Lipinski definition) is 4. The van der Waals surface area contributed by atoms with E-state index < -0.39 is 22.0 Å². The van der Waals surface area contributed by atoms with Crippen molar-refractivity contribution in [1.29, 1.82) is 5.26 Å². The highest BCUT2D eigenvalue weighted by Crippen LogP contribution is 2.09. The lowest BCUT2D eigenvalue weighted by atomic mass is 10.2. The van der Waals surface area contributed by atoms with Crippen LogP contribution >= 0.6 is 0 Å². The second kappa shape index (κ2) is 6.31. The van der Waals surface area contributed by atoms with E-state index in [-0.39, 0.29) is 12.2 Å². The van der Waals surface area contributed by atoms with Crippen LogP contribution in [0, 0.1) is 11.3 Å². The molecule has 0 saturated heterocycles. The fourth-order valence-corrected chi connectivity index (χ4v) is 2.92. The molecule has 0 aromatic heterocycles. The van der Waals surface area contributed by atoms with Gasteiger partial charge >= 0.3 is 5.97 Å². The molecule has 0 unspecified atom stereocenters. The first-order valence-corrected chi connectivity index (χ1v) is 7.25. The Morgan fingerprint density at radius 1 is 1.53 bits per heavy atom. The molecule has 6 nitrogen and oxygen atoms in total. The molecule has 102 valence electrons. The number of nitriles is 1. The zero-order valence-electron chi connectivity index (χ0n) is 10.3. The maximum Gasteiger partial charge on any atom is 0.321 e. The molecule has 0 amide bonds. The Balaban J connectivity index is 2.85. The minimum absolute atomic E-state index is 0.160. The topological polar surface area (TPSA) is 107 Å². The van der Waals surface area contributed by atoms with Crippen LogP contribution in [0.3, 0.4) is 0 Å². The smallest absolute Gasteiger partial charge is 0.321 e. The molecule has 7 heteroatoms. The van der Waals surface area contributed by atoms with Gasteiger partial charge in [-0.15, -0.1) is 0 Å². The fraction of sp³-hybridized carbons (Fsp3) is 0.333. The number of nitrogens with zero attached hydrogens (tertiary/aromatic N) is 1. The Morgan fingerprint density at radius 2 is 2.21 bits per heavy atom. The zero-order valence-corrected chi connectivity index (χ0v) is 11.1. The minimum atomic E-state index is -3.76. The van der Waals surface area contributed by atoms with Crippen molar-refractivity contribution in [2.24, 2.45) is 0 Å². The number of aliphatic carboxylic acids is 1. The lowest BCUT2D eigenvalue weighted by molar-refractivity contribution is -0.139. The molecular weight excluding hydrogens is 268 g/mol. The van der Waals surface area contributed by atoms with Gasteiger partial charge in [-0.3, -0.25) is 4.79 Å². The van der Waals surface area contributed by atoms with Crippen molar-refractivity contribution in [2.75, 3.05) is 0 Å². The number of rotatable bonds is 6. The second-order valence-corrected chi connectivity index (χ2v) is 5.74. The molecule has 0 aliphatic rings. The number of carboxylic acids is 1.